The molecule has 0 unspecified atom stereocenters. The molecule has 0 aromatic heterocycles. The maximum absolute atomic E-state index is 12.4. The van der Waals surface area contributed by atoms with Crippen LogP contribution < -0.4 is 14.8 Å². The van der Waals surface area contributed by atoms with Gasteiger partial charge < -0.3 is 14.8 Å². The van der Waals surface area contributed by atoms with Gasteiger partial charge in [0.05, 0.1) is 20.3 Å². The number of carbonyl (C=O) groups excluding carboxylic acids is 1. The molecule has 0 fully saturated rings. The molecule has 1 atom stereocenters. The highest BCUT2D eigenvalue weighted by molar-refractivity contribution is 7.98. The number of thioether (sulfide) groups is 1. The predicted octanol–water partition coefficient (Wildman–Crippen LogP) is 3.92. The molecule has 1 N–H and O–H groups in total. The summed E-state index contributed by atoms with van der Waals surface area (Å²) in [5.41, 5.74) is 1.51. The number of benzene rings is 2. The second kappa shape index (κ2) is 7.92. The number of amides is 1. The summed E-state index contributed by atoms with van der Waals surface area (Å²) in [6.45, 7) is 1.92. The minimum Gasteiger partial charge on any atom is -0.497 e. The van der Waals surface area contributed by atoms with Crippen molar-refractivity contribution in [2.75, 3.05) is 20.5 Å². The van der Waals surface area contributed by atoms with Crippen LogP contribution in [0.2, 0.25) is 0 Å². The van der Waals surface area contributed by atoms with Crippen LogP contribution in [-0.4, -0.2) is 26.4 Å². The van der Waals surface area contributed by atoms with E-state index in [0.717, 1.165) is 22.0 Å². The molecule has 4 nitrogen and oxygen atoms in total. The lowest BCUT2D eigenvalue weighted by Gasteiger charge is -2.18. The fourth-order valence-corrected chi connectivity index (χ4v) is 2.69. The predicted molar refractivity (Wildman–Crippen MR) is 93.7 cm³/mol. The van der Waals surface area contributed by atoms with E-state index >= 15 is 0 Å². The number of rotatable bonds is 6. The van der Waals surface area contributed by atoms with Crippen LogP contribution >= 0.6 is 11.8 Å². The van der Waals surface area contributed by atoms with E-state index < -0.39 is 0 Å². The van der Waals surface area contributed by atoms with Gasteiger partial charge in [-0.1, -0.05) is 0 Å². The Balaban J connectivity index is 2.17. The van der Waals surface area contributed by atoms with Gasteiger partial charge in [-0.3, -0.25) is 4.79 Å². The zero-order valence-electron chi connectivity index (χ0n) is 13.8. The van der Waals surface area contributed by atoms with Gasteiger partial charge in [-0.25, -0.2) is 0 Å². The van der Waals surface area contributed by atoms with Gasteiger partial charge in [0, 0.05) is 16.0 Å². The molecule has 0 radical (unpaired) electrons. The number of ether oxygens (including phenoxy) is 2. The Morgan fingerprint density at radius 1 is 1.09 bits per heavy atom. The van der Waals surface area contributed by atoms with Gasteiger partial charge in [0.1, 0.15) is 11.5 Å². The van der Waals surface area contributed by atoms with Crippen molar-refractivity contribution >= 4 is 17.7 Å². The maximum Gasteiger partial charge on any atom is 0.251 e. The second-order valence-corrected chi connectivity index (χ2v) is 5.91. The summed E-state index contributed by atoms with van der Waals surface area (Å²) < 4.78 is 10.6. The minimum atomic E-state index is -0.201. The van der Waals surface area contributed by atoms with E-state index in [0.29, 0.717) is 5.56 Å². The van der Waals surface area contributed by atoms with Crippen molar-refractivity contribution in [2.45, 2.75) is 17.9 Å². The third kappa shape index (κ3) is 4.20. The number of hydrogen-bond donors (Lipinski definition) is 1. The zero-order valence-corrected chi connectivity index (χ0v) is 14.6. The van der Waals surface area contributed by atoms with Crippen LogP contribution in [0.1, 0.15) is 28.9 Å². The number of nitrogens with one attached hydrogen (secondary N) is 1. The van der Waals surface area contributed by atoms with Crippen molar-refractivity contribution in [3.8, 4) is 11.5 Å². The first-order valence-corrected chi connectivity index (χ1v) is 8.48. The van der Waals surface area contributed by atoms with E-state index in [4.69, 9.17) is 9.47 Å². The van der Waals surface area contributed by atoms with Gasteiger partial charge in [-0.05, 0) is 55.6 Å². The molecule has 0 saturated carbocycles. The van der Waals surface area contributed by atoms with E-state index in [9.17, 15) is 4.79 Å². The minimum absolute atomic E-state index is 0.116. The molecule has 2 rings (SSSR count). The van der Waals surface area contributed by atoms with Crippen LogP contribution in [0.5, 0.6) is 11.5 Å². The molecule has 0 saturated heterocycles. The van der Waals surface area contributed by atoms with Gasteiger partial charge in [0.25, 0.3) is 5.91 Å². The summed E-state index contributed by atoms with van der Waals surface area (Å²) in [4.78, 5) is 13.5. The van der Waals surface area contributed by atoms with Crippen LogP contribution in [0.15, 0.2) is 47.4 Å². The molecule has 0 heterocycles. The van der Waals surface area contributed by atoms with Crippen LogP contribution in [0, 0.1) is 0 Å². The van der Waals surface area contributed by atoms with Gasteiger partial charge in [-0.2, -0.15) is 0 Å². The molecule has 0 spiro atoms. The molecule has 23 heavy (non-hydrogen) atoms. The van der Waals surface area contributed by atoms with Gasteiger partial charge >= 0.3 is 0 Å². The van der Waals surface area contributed by atoms with Crippen LogP contribution in [0.4, 0.5) is 0 Å². The first-order valence-electron chi connectivity index (χ1n) is 7.26. The Labute approximate surface area is 141 Å². The molecule has 1 amide bonds. The molecule has 0 aliphatic rings. The summed E-state index contributed by atoms with van der Waals surface area (Å²) >= 11 is 1.65. The monoisotopic (exact) mass is 331 g/mol. The van der Waals surface area contributed by atoms with E-state index in [2.05, 4.69) is 5.32 Å². The fourth-order valence-electron chi connectivity index (χ4n) is 2.28. The molecular weight excluding hydrogens is 310 g/mol. The summed E-state index contributed by atoms with van der Waals surface area (Å²) in [5.74, 6) is 1.33. The lowest BCUT2D eigenvalue weighted by Crippen LogP contribution is -2.26. The second-order valence-electron chi connectivity index (χ2n) is 5.03. The highest BCUT2D eigenvalue weighted by Gasteiger charge is 2.16. The Bertz CT molecular complexity index is 670. The molecule has 2 aromatic rings. The summed E-state index contributed by atoms with van der Waals surface area (Å²) in [6, 6.07) is 12.9. The van der Waals surface area contributed by atoms with Crippen molar-refractivity contribution in [1.29, 1.82) is 0 Å². The van der Waals surface area contributed by atoms with Crippen molar-refractivity contribution in [1.82, 2.24) is 5.32 Å². The average Bonchev–Trinajstić information content (AvgIpc) is 2.61. The maximum atomic E-state index is 12.4. The van der Waals surface area contributed by atoms with E-state index in [1.54, 1.807) is 26.0 Å². The van der Waals surface area contributed by atoms with Crippen molar-refractivity contribution < 1.29 is 14.3 Å². The number of hydrogen-bond acceptors (Lipinski definition) is 4. The lowest BCUT2D eigenvalue weighted by atomic mass is 10.1. The Kier molecular flexibility index (Phi) is 5.93. The third-order valence-electron chi connectivity index (χ3n) is 3.60. The van der Waals surface area contributed by atoms with Crippen molar-refractivity contribution in [3.05, 3.63) is 53.6 Å². The SMILES string of the molecule is COc1ccc(OC)c([C@H](C)NC(=O)c2ccc(SC)cc2)c1. The normalized spacial score (nSPS) is 11.7. The smallest absolute Gasteiger partial charge is 0.251 e. The third-order valence-corrected chi connectivity index (χ3v) is 4.35. The summed E-state index contributed by atoms with van der Waals surface area (Å²) in [6.07, 6.45) is 2.01. The quantitative estimate of drug-likeness (QED) is 0.815. The van der Waals surface area contributed by atoms with E-state index in [-0.39, 0.29) is 11.9 Å². The molecular formula is C18H21NO3S. The van der Waals surface area contributed by atoms with Gasteiger partial charge in [0.15, 0.2) is 0 Å². The lowest BCUT2D eigenvalue weighted by molar-refractivity contribution is 0.0939. The largest absolute Gasteiger partial charge is 0.497 e. The number of methoxy groups -OCH3 is 2. The topological polar surface area (TPSA) is 47.6 Å². The zero-order chi connectivity index (χ0) is 16.8. The summed E-state index contributed by atoms with van der Waals surface area (Å²) in [7, 11) is 3.23. The first kappa shape index (κ1) is 17.2. The van der Waals surface area contributed by atoms with Crippen molar-refractivity contribution in [3.63, 3.8) is 0 Å². The van der Waals surface area contributed by atoms with E-state index in [1.165, 1.54) is 0 Å². The number of carbonyl (C=O) groups is 1. The molecule has 0 aliphatic heterocycles. The summed E-state index contributed by atoms with van der Waals surface area (Å²) in [5, 5.41) is 2.99. The standard InChI is InChI=1S/C18H21NO3S/c1-12(16-11-14(21-2)7-10-17(16)22-3)19-18(20)13-5-8-15(23-4)9-6-13/h5-12H,1-4H3,(H,19,20)/t12-/m0/s1. The molecule has 2 aromatic carbocycles. The Morgan fingerprint density at radius 3 is 2.35 bits per heavy atom. The highest BCUT2D eigenvalue weighted by Crippen LogP contribution is 2.29. The van der Waals surface area contributed by atoms with Crippen LogP contribution in [0.25, 0.3) is 0 Å². The van der Waals surface area contributed by atoms with Gasteiger partial charge in [0.2, 0.25) is 0 Å². The van der Waals surface area contributed by atoms with Crippen LogP contribution in [0.3, 0.4) is 0 Å². The molecule has 122 valence electrons. The van der Waals surface area contributed by atoms with Crippen LogP contribution in [-0.2, 0) is 0 Å². The molecule has 0 aliphatic carbocycles. The first-order chi connectivity index (χ1) is 11.1. The Hall–Kier alpha value is -2.14. The van der Waals surface area contributed by atoms with E-state index in [1.807, 2.05) is 55.6 Å². The highest BCUT2D eigenvalue weighted by atomic mass is 32.2. The Morgan fingerprint density at radius 2 is 1.78 bits per heavy atom. The van der Waals surface area contributed by atoms with Gasteiger partial charge in [-0.15, -0.1) is 11.8 Å². The molecule has 0 bridgehead atoms. The average molecular weight is 331 g/mol. The fraction of sp³-hybridized carbons (Fsp3) is 0.278. The molecule has 5 heteroatoms. The van der Waals surface area contributed by atoms with Crippen molar-refractivity contribution in [2.24, 2.45) is 0 Å².